The van der Waals surface area contributed by atoms with Crippen LogP contribution in [0.3, 0.4) is 0 Å². The SMILES string of the molecule is CNC(C)C1CCCCN1Cc1cn2ccccc2n1. The molecule has 3 heterocycles. The fourth-order valence-corrected chi connectivity index (χ4v) is 3.24. The van der Waals surface area contributed by atoms with Gasteiger partial charge in [-0.1, -0.05) is 12.5 Å². The number of likely N-dealkylation sites (tertiary alicyclic amines) is 1. The molecule has 1 fully saturated rings. The molecular weight excluding hydrogens is 248 g/mol. The maximum Gasteiger partial charge on any atom is 0.137 e. The van der Waals surface area contributed by atoms with Crippen LogP contribution in [0.25, 0.3) is 5.65 Å². The van der Waals surface area contributed by atoms with Gasteiger partial charge in [0.25, 0.3) is 0 Å². The van der Waals surface area contributed by atoms with Crippen LogP contribution < -0.4 is 5.32 Å². The van der Waals surface area contributed by atoms with Gasteiger partial charge in [-0.25, -0.2) is 4.98 Å². The number of pyridine rings is 1. The van der Waals surface area contributed by atoms with Gasteiger partial charge in [-0.15, -0.1) is 0 Å². The van der Waals surface area contributed by atoms with Crippen molar-refractivity contribution in [2.24, 2.45) is 0 Å². The Morgan fingerprint density at radius 2 is 2.30 bits per heavy atom. The Kier molecular flexibility index (Phi) is 4.03. The molecular formula is C16H24N4. The molecule has 0 radical (unpaired) electrons. The first kappa shape index (κ1) is 13.6. The summed E-state index contributed by atoms with van der Waals surface area (Å²) in [4.78, 5) is 7.32. The van der Waals surface area contributed by atoms with E-state index in [1.807, 2.05) is 12.1 Å². The number of likely N-dealkylation sites (N-methyl/N-ethyl adjacent to an activating group) is 1. The molecule has 1 aliphatic rings. The molecule has 4 nitrogen and oxygen atoms in total. The highest BCUT2D eigenvalue weighted by atomic mass is 15.2. The largest absolute Gasteiger partial charge is 0.316 e. The lowest BCUT2D eigenvalue weighted by Gasteiger charge is -2.38. The first-order valence-electron chi connectivity index (χ1n) is 7.62. The molecule has 108 valence electrons. The maximum atomic E-state index is 4.73. The molecule has 1 saturated heterocycles. The van der Waals surface area contributed by atoms with Crippen LogP contribution >= 0.6 is 0 Å². The van der Waals surface area contributed by atoms with E-state index in [9.17, 15) is 0 Å². The number of imidazole rings is 1. The van der Waals surface area contributed by atoms with Gasteiger partial charge in [-0.3, -0.25) is 4.90 Å². The van der Waals surface area contributed by atoms with Gasteiger partial charge >= 0.3 is 0 Å². The number of nitrogens with zero attached hydrogens (tertiary/aromatic N) is 3. The van der Waals surface area contributed by atoms with Crippen molar-refractivity contribution in [2.75, 3.05) is 13.6 Å². The van der Waals surface area contributed by atoms with Crippen molar-refractivity contribution in [1.29, 1.82) is 0 Å². The number of rotatable bonds is 4. The summed E-state index contributed by atoms with van der Waals surface area (Å²) >= 11 is 0. The van der Waals surface area contributed by atoms with Crippen LogP contribution in [0.1, 0.15) is 31.9 Å². The molecule has 0 amide bonds. The van der Waals surface area contributed by atoms with Crippen LogP contribution in [-0.4, -0.2) is 40.0 Å². The normalized spacial score (nSPS) is 22.2. The molecule has 1 N–H and O–H groups in total. The predicted molar refractivity (Wildman–Crippen MR) is 81.8 cm³/mol. The number of hydrogen-bond donors (Lipinski definition) is 1. The Hall–Kier alpha value is -1.39. The molecule has 2 unspecified atom stereocenters. The summed E-state index contributed by atoms with van der Waals surface area (Å²) in [5.74, 6) is 0. The summed E-state index contributed by atoms with van der Waals surface area (Å²) < 4.78 is 2.11. The van der Waals surface area contributed by atoms with Gasteiger partial charge in [0.15, 0.2) is 0 Å². The Morgan fingerprint density at radius 3 is 3.10 bits per heavy atom. The fraction of sp³-hybridized carbons (Fsp3) is 0.562. The van der Waals surface area contributed by atoms with E-state index in [-0.39, 0.29) is 0 Å². The molecule has 3 rings (SSSR count). The van der Waals surface area contributed by atoms with E-state index < -0.39 is 0 Å². The standard InChI is InChI=1S/C16H24N4/c1-13(17-2)15-7-3-5-9-19(15)11-14-12-20-10-6-4-8-16(20)18-14/h4,6,8,10,12-13,15,17H,3,5,7,9,11H2,1-2H3. The number of aromatic nitrogens is 2. The topological polar surface area (TPSA) is 32.6 Å². The second kappa shape index (κ2) is 5.94. The summed E-state index contributed by atoms with van der Waals surface area (Å²) in [6.07, 6.45) is 8.16. The third kappa shape index (κ3) is 2.72. The monoisotopic (exact) mass is 272 g/mol. The Balaban J connectivity index is 1.77. The molecule has 4 heteroatoms. The van der Waals surface area contributed by atoms with Crippen LogP contribution in [0.15, 0.2) is 30.6 Å². The highest BCUT2D eigenvalue weighted by Gasteiger charge is 2.26. The van der Waals surface area contributed by atoms with Gasteiger partial charge in [0.2, 0.25) is 0 Å². The average Bonchev–Trinajstić information content (AvgIpc) is 2.89. The summed E-state index contributed by atoms with van der Waals surface area (Å²) in [6.45, 7) is 4.43. The zero-order valence-corrected chi connectivity index (χ0v) is 12.4. The van der Waals surface area contributed by atoms with Gasteiger partial charge in [-0.2, -0.15) is 0 Å². The molecule has 0 spiro atoms. The van der Waals surface area contributed by atoms with E-state index in [1.54, 1.807) is 0 Å². The minimum atomic E-state index is 0.535. The van der Waals surface area contributed by atoms with Crippen LogP contribution in [0, 0.1) is 0 Å². The third-order valence-electron chi connectivity index (χ3n) is 4.48. The Labute approximate surface area is 120 Å². The molecule has 0 aromatic carbocycles. The molecule has 20 heavy (non-hydrogen) atoms. The van der Waals surface area contributed by atoms with Crippen molar-refractivity contribution in [3.63, 3.8) is 0 Å². The van der Waals surface area contributed by atoms with Crippen molar-refractivity contribution in [3.8, 4) is 0 Å². The first-order valence-corrected chi connectivity index (χ1v) is 7.62. The minimum absolute atomic E-state index is 0.535. The lowest BCUT2D eigenvalue weighted by Crippen LogP contribution is -2.49. The second-order valence-corrected chi connectivity index (χ2v) is 5.81. The molecule has 2 atom stereocenters. The highest BCUT2D eigenvalue weighted by molar-refractivity contribution is 5.39. The molecule has 0 aliphatic carbocycles. The van der Waals surface area contributed by atoms with Crippen molar-refractivity contribution in [1.82, 2.24) is 19.6 Å². The van der Waals surface area contributed by atoms with Gasteiger partial charge in [0.1, 0.15) is 5.65 Å². The number of hydrogen-bond acceptors (Lipinski definition) is 3. The molecule has 0 saturated carbocycles. The summed E-state index contributed by atoms with van der Waals surface area (Å²) in [5, 5.41) is 3.41. The van der Waals surface area contributed by atoms with Gasteiger partial charge < -0.3 is 9.72 Å². The number of piperidine rings is 1. The predicted octanol–water partition coefficient (Wildman–Crippen LogP) is 2.30. The third-order valence-corrected chi connectivity index (χ3v) is 4.48. The van der Waals surface area contributed by atoms with Gasteiger partial charge in [0, 0.05) is 31.0 Å². The summed E-state index contributed by atoms with van der Waals surface area (Å²) in [5.41, 5.74) is 2.21. The fourth-order valence-electron chi connectivity index (χ4n) is 3.24. The zero-order valence-electron chi connectivity index (χ0n) is 12.4. The molecule has 1 aliphatic heterocycles. The van der Waals surface area contributed by atoms with E-state index >= 15 is 0 Å². The van der Waals surface area contributed by atoms with E-state index in [2.05, 4.69) is 47.0 Å². The first-order chi connectivity index (χ1) is 9.78. The van der Waals surface area contributed by atoms with Crippen LogP contribution in [0.5, 0.6) is 0 Å². The Bertz CT molecular complexity index is 529. The van der Waals surface area contributed by atoms with Crippen LogP contribution in [-0.2, 0) is 6.54 Å². The quantitative estimate of drug-likeness (QED) is 0.927. The number of fused-ring (bicyclic) bond motifs is 1. The Morgan fingerprint density at radius 1 is 1.40 bits per heavy atom. The lowest BCUT2D eigenvalue weighted by atomic mass is 9.96. The zero-order chi connectivity index (χ0) is 13.9. The smallest absolute Gasteiger partial charge is 0.137 e. The van der Waals surface area contributed by atoms with Gasteiger partial charge in [-0.05, 0) is 45.5 Å². The van der Waals surface area contributed by atoms with E-state index in [4.69, 9.17) is 4.98 Å². The maximum absolute atomic E-state index is 4.73. The lowest BCUT2D eigenvalue weighted by molar-refractivity contribution is 0.113. The molecule has 2 aromatic rings. The van der Waals surface area contributed by atoms with Crippen molar-refractivity contribution in [2.45, 2.75) is 44.8 Å². The average molecular weight is 272 g/mol. The van der Waals surface area contributed by atoms with Crippen molar-refractivity contribution < 1.29 is 0 Å². The second-order valence-electron chi connectivity index (χ2n) is 5.81. The van der Waals surface area contributed by atoms with Crippen LogP contribution in [0.2, 0.25) is 0 Å². The van der Waals surface area contributed by atoms with Crippen molar-refractivity contribution in [3.05, 3.63) is 36.3 Å². The summed E-state index contributed by atoms with van der Waals surface area (Å²) in [7, 11) is 2.06. The van der Waals surface area contributed by atoms with E-state index in [0.29, 0.717) is 12.1 Å². The van der Waals surface area contributed by atoms with E-state index in [1.165, 1.54) is 31.5 Å². The van der Waals surface area contributed by atoms with Gasteiger partial charge in [0.05, 0.1) is 5.69 Å². The van der Waals surface area contributed by atoms with E-state index in [0.717, 1.165) is 12.2 Å². The molecule has 2 aromatic heterocycles. The van der Waals surface area contributed by atoms with Crippen LogP contribution in [0.4, 0.5) is 0 Å². The minimum Gasteiger partial charge on any atom is -0.316 e. The highest BCUT2D eigenvalue weighted by Crippen LogP contribution is 2.22. The summed E-state index contributed by atoms with van der Waals surface area (Å²) in [6, 6.07) is 7.31. The number of nitrogens with one attached hydrogen (secondary N) is 1. The van der Waals surface area contributed by atoms with Crippen molar-refractivity contribution >= 4 is 5.65 Å². The molecule has 0 bridgehead atoms.